The normalized spacial score (nSPS) is 17.0. The zero-order valence-electron chi connectivity index (χ0n) is 10.9. The quantitative estimate of drug-likeness (QED) is 0.316. The first kappa shape index (κ1) is 13.3. The van der Waals surface area contributed by atoms with Crippen LogP contribution in [0.15, 0.2) is 23.5 Å². The number of aryl methyl sites for hydroxylation is 1. The monoisotopic (exact) mass is 262 g/mol. The number of aromatic nitrogens is 1. The van der Waals surface area contributed by atoms with Gasteiger partial charge in [0.2, 0.25) is 5.91 Å². The van der Waals surface area contributed by atoms with E-state index in [1.807, 2.05) is 19.1 Å². The summed E-state index contributed by atoms with van der Waals surface area (Å²) in [6, 6.07) is 3.87. The highest BCUT2D eigenvalue weighted by atomic mass is 16.4. The van der Waals surface area contributed by atoms with Gasteiger partial charge in [-0.25, -0.2) is 0 Å². The van der Waals surface area contributed by atoms with Crippen LogP contribution in [0.1, 0.15) is 31.0 Å². The minimum absolute atomic E-state index is 0.0123. The minimum Gasteiger partial charge on any atom is -0.409 e. The van der Waals surface area contributed by atoms with Gasteiger partial charge in [-0.05, 0) is 30.9 Å². The lowest BCUT2D eigenvalue weighted by Crippen LogP contribution is -2.40. The molecule has 1 heterocycles. The molecule has 1 aliphatic carbocycles. The lowest BCUT2D eigenvalue weighted by Gasteiger charge is -2.14. The van der Waals surface area contributed by atoms with Crippen molar-refractivity contribution in [2.24, 2.45) is 16.3 Å². The topological polar surface area (TPSA) is 101 Å². The number of nitrogens with one attached hydrogen (secondary N) is 1. The molecule has 6 nitrogen and oxygen atoms in total. The van der Waals surface area contributed by atoms with Crippen LogP contribution >= 0.6 is 0 Å². The molecule has 0 unspecified atom stereocenters. The van der Waals surface area contributed by atoms with Crippen LogP contribution in [0.3, 0.4) is 0 Å². The Bertz CT molecular complexity index is 509. The van der Waals surface area contributed by atoms with Gasteiger partial charge in [0.1, 0.15) is 5.41 Å². The third kappa shape index (κ3) is 2.52. The van der Waals surface area contributed by atoms with Crippen molar-refractivity contribution in [3.05, 3.63) is 29.6 Å². The van der Waals surface area contributed by atoms with Crippen molar-refractivity contribution in [2.45, 2.75) is 32.7 Å². The standard InChI is InChI=1S/C13H18N4O2/c1-2-9-4-3-7-15-10(9)8-16-12(18)13(5-6-13)11(14)17-19/h3-4,7,19H,2,5-6,8H2,1H3,(H2,14,17)(H,16,18). The van der Waals surface area contributed by atoms with Crippen molar-refractivity contribution in [1.82, 2.24) is 10.3 Å². The second-order valence-corrected chi connectivity index (χ2v) is 4.71. The number of nitrogens with zero attached hydrogens (tertiary/aromatic N) is 2. The molecule has 1 aromatic heterocycles. The molecule has 19 heavy (non-hydrogen) atoms. The summed E-state index contributed by atoms with van der Waals surface area (Å²) in [6.45, 7) is 2.41. The molecule has 0 radical (unpaired) electrons. The first-order valence-electron chi connectivity index (χ1n) is 6.33. The number of amides is 1. The van der Waals surface area contributed by atoms with E-state index in [1.54, 1.807) is 6.20 Å². The second-order valence-electron chi connectivity index (χ2n) is 4.71. The van der Waals surface area contributed by atoms with Crippen LogP contribution < -0.4 is 11.1 Å². The SMILES string of the molecule is CCc1cccnc1CNC(=O)C1(/C(N)=N/O)CC1. The van der Waals surface area contributed by atoms with E-state index in [1.165, 1.54) is 0 Å². The molecule has 0 aliphatic heterocycles. The summed E-state index contributed by atoms with van der Waals surface area (Å²) in [6.07, 6.45) is 3.82. The molecule has 0 saturated heterocycles. The zero-order chi connectivity index (χ0) is 13.9. The molecule has 102 valence electrons. The van der Waals surface area contributed by atoms with Gasteiger partial charge in [0.05, 0.1) is 12.2 Å². The third-order valence-corrected chi connectivity index (χ3v) is 3.56. The van der Waals surface area contributed by atoms with Crippen molar-refractivity contribution in [3.8, 4) is 0 Å². The highest BCUT2D eigenvalue weighted by Gasteiger charge is 2.54. The Morgan fingerprint density at radius 3 is 2.95 bits per heavy atom. The lowest BCUT2D eigenvalue weighted by atomic mass is 10.0. The van der Waals surface area contributed by atoms with Gasteiger partial charge in [0.15, 0.2) is 5.84 Å². The number of hydrogen-bond donors (Lipinski definition) is 3. The number of carbonyl (C=O) groups excluding carboxylic acids is 1. The first-order chi connectivity index (χ1) is 9.14. The largest absolute Gasteiger partial charge is 0.409 e. The number of hydrogen-bond acceptors (Lipinski definition) is 4. The maximum absolute atomic E-state index is 12.1. The predicted octanol–water partition coefficient (Wildman–Crippen LogP) is 0.787. The maximum atomic E-state index is 12.1. The van der Waals surface area contributed by atoms with Crippen LogP contribution in [0.2, 0.25) is 0 Å². The number of carbonyl (C=O) groups is 1. The van der Waals surface area contributed by atoms with E-state index in [2.05, 4.69) is 15.5 Å². The Balaban J connectivity index is 2.02. The predicted molar refractivity (Wildman–Crippen MR) is 70.5 cm³/mol. The van der Waals surface area contributed by atoms with E-state index in [9.17, 15) is 4.79 Å². The third-order valence-electron chi connectivity index (χ3n) is 3.56. The van der Waals surface area contributed by atoms with E-state index in [0.717, 1.165) is 17.7 Å². The molecule has 4 N–H and O–H groups in total. The van der Waals surface area contributed by atoms with E-state index in [-0.39, 0.29) is 11.7 Å². The molecule has 2 rings (SSSR count). The summed E-state index contributed by atoms with van der Waals surface area (Å²) in [5.41, 5.74) is 6.72. The number of oxime groups is 1. The zero-order valence-corrected chi connectivity index (χ0v) is 10.9. The molecule has 1 aromatic rings. The van der Waals surface area contributed by atoms with Gasteiger partial charge < -0.3 is 16.3 Å². The Morgan fingerprint density at radius 1 is 1.63 bits per heavy atom. The summed E-state index contributed by atoms with van der Waals surface area (Å²) in [5.74, 6) is -0.211. The highest BCUT2D eigenvalue weighted by Crippen LogP contribution is 2.46. The Kier molecular flexibility index (Phi) is 3.69. The molecular formula is C13H18N4O2. The van der Waals surface area contributed by atoms with Crippen molar-refractivity contribution in [1.29, 1.82) is 0 Å². The number of rotatable bonds is 5. The fourth-order valence-electron chi connectivity index (χ4n) is 2.11. The van der Waals surface area contributed by atoms with E-state index in [0.29, 0.717) is 19.4 Å². The highest BCUT2D eigenvalue weighted by molar-refractivity contribution is 6.09. The lowest BCUT2D eigenvalue weighted by molar-refractivity contribution is -0.124. The van der Waals surface area contributed by atoms with Gasteiger partial charge in [0, 0.05) is 6.20 Å². The fraction of sp³-hybridized carbons (Fsp3) is 0.462. The first-order valence-corrected chi connectivity index (χ1v) is 6.33. The van der Waals surface area contributed by atoms with Gasteiger partial charge in [-0.15, -0.1) is 0 Å². The summed E-state index contributed by atoms with van der Waals surface area (Å²) in [4.78, 5) is 16.4. The van der Waals surface area contributed by atoms with Gasteiger partial charge in [-0.2, -0.15) is 0 Å². The number of nitrogens with two attached hydrogens (primary N) is 1. The summed E-state index contributed by atoms with van der Waals surface area (Å²) >= 11 is 0. The smallest absolute Gasteiger partial charge is 0.234 e. The molecular weight excluding hydrogens is 244 g/mol. The molecule has 1 fully saturated rings. The van der Waals surface area contributed by atoms with E-state index in [4.69, 9.17) is 10.9 Å². The van der Waals surface area contributed by atoms with Crippen LogP contribution in [-0.4, -0.2) is 21.9 Å². The van der Waals surface area contributed by atoms with E-state index >= 15 is 0 Å². The van der Waals surface area contributed by atoms with Crippen molar-refractivity contribution >= 4 is 11.7 Å². The molecule has 0 aromatic carbocycles. The Morgan fingerprint density at radius 2 is 2.37 bits per heavy atom. The van der Waals surface area contributed by atoms with Crippen molar-refractivity contribution in [2.75, 3.05) is 0 Å². The Hall–Kier alpha value is -2.11. The summed E-state index contributed by atoms with van der Waals surface area (Å²) < 4.78 is 0. The van der Waals surface area contributed by atoms with Gasteiger partial charge in [0.25, 0.3) is 0 Å². The van der Waals surface area contributed by atoms with E-state index < -0.39 is 5.41 Å². The molecule has 1 saturated carbocycles. The van der Waals surface area contributed by atoms with Crippen LogP contribution in [0.25, 0.3) is 0 Å². The van der Waals surface area contributed by atoms with Crippen LogP contribution in [0.4, 0.5) is 0 Å². The van der Waals surface area contributed by atoms with Crippen molar-refractivity contribution < 1.29 is 10.0 Å². The summed E-state index contributed by atoms with van der Waals surface area (Å²) in [7, 11) is 0. The van der Waals surface area contributed by atoms with Crippen LogP contribution in [0, 0.1) is 5.41 Å². The average Bonchev–Trinajstić information content (AvgIpc) is 3.25. The van der Waals surface area contributed by atoms with Gasteiger partial charge in [-0.3, -0.25) is 9.78 Å². The molecule has 1 aliphatic rings. The fourth-order valence-corrected chi connectivity index (χ4v) is 2.11. The second kappa shape index (κ2) is 5.26. The van der Waals surface area contributed by atoms with Gasteiger partial charge >= 0.3 is 0 Å². The maximum Gasteiger partial charge on any atom is 0.234 e. The van der Waals surface area contributed by atoms with Gasteiger partial charge in [-0.1, -0.05) is 18.1 Å². The van der Waals surface area contributed by atoms with Crippen LogP contribution in [-0.2, 0) is 17.8 Å². The van der Waals surface area contributed by atoms with Crippen molar-refractivity contribution in [3.63, 3.8) is 0 Å². The Labute approximate surface area is 111 Å². The minimum atomic E-state index is -0.810. The molecule has 0 bridgehead atoms. The number of pyridine rings is 1. The molecule has 0 spiro atoms. The molecule has 0 atom stereocenters. The number of amidine groups is 1. The molecule has 1 amide bonds. The average molecular weight is 262 g/mol. The summed E-state index contributed by atoms with van der Waals surface area (Å²) in [5, 5.41) is 14.5. The molecule has 6 heteroatoms. The van der Waals surface area contributed by atoms with Crippen LogP contribution in [0.5, 0.6) is 0 Å².